The molecule has 1 heterocycles. The van der Waals surface area contributed by atoms with Crippen LogP contribution in [0.25, 0.3) is 0 Å². The SMILES string of the molecule is C1CCOC1.CCO.CCOC(C)=O. The van der Waals surface area contributed by atoms with Crippen LogP contribution in [0.5, 0.6) is 0 Å². The maximum absolute atomic E-state index is 9.82. The zero-order valence-electron chi connectivity index (χ0n) is 9.41. The molecule has 0 aromatic heterocycles. The molecule has 4 nitrogen and oxygen atoms in total. The van der Waals surface area contributed by atoms with Crippen LogP contribution in [0, 0.1) is 0 Å². The number of carbonyl (C=O) groups excluding carboxylic acids is 1. The van der Waals surface area contributed by atoms with Crippen LogP contribution in [0.2, 0.25) is 0 Å². The van der Waals surface area contributed by atoms with Gasteiger partial charge < -0.3 is 14.6 Å². The topological polar surface area (TPSA) is 55.8 Å². The van der Waals surface area contributed by atoms with E-state index in [1.807, 2.05) is 0 Å². The molecule has 0 radical (unpaired) electrons. The summed E-state index contributed by atoms with van der Waals surface area (Å²) in [6, 6.07) is 0. The smallest absolute Gasteiger partial charge is 0.302 e. The minimum Gasteiger partial charge on any atom is -0.466 e. The molecule has 0 unspecified atom stereocenters. The minimum atomic E-state index is -0.211. The van der Waals surface area contributed by atoms with E-state index in [1.165, 1.54) is 19.8 Å². The number of aliphatic hydroxyl groups excluding tert-OH is 1. The van der Waals surface area contributed by atoms with Crippen LogP contribution in [0.15, 0.2) is 0 Å². The second kappa shape index (κ2) is 14.9. The van der Waals surface area contributed by atoms with Crippen molar-refractivity contribution < 1.29 is 19.4 Å². The molecule has 0 aliphatic carbocycles. The van der Waals surface area contributed by atoms with Crippen LogP contribution >= 0.6 is 0 Å². The molecule has 4 heteroatoms. The van der Waals surface area contributed by atoms with Crippen molar-refractivity contribution in [1.29, 1.82) is 0 Å². The first-order valence-electron chi connectivity index (χ1n) is 5.00. The lowest BCUT2D eigenvalue weighted by Gasteiger charge is -1.89. The highest BCUT2D eigenvalue weighted by molar-refractivity contribution is 5.65. The number of hydrogen-bond donors (Lipinski definition) is 1. The van der Waals surface area contributed by atoms with Crippen molar-refractivity contribution in [3.05, 3.63) is 0 Å². The fraction of sp³-hybridized carbons (Fsp3) is 0.900. The minimum absolute atomic E-state index is 0.211. The Morgan fingerprint density at radius 1 is 1.36 bits per heavy atom. The molecule has 1 rings (SSSR count). The lowest BCUT2D eigenvalue weighted by atomic mass is 10.4. The Labute approximate surface area is 86.2 Å². The summed E-state index contributed by atoms with van der Waals surface area (Å²) in [5.41, 5.74) is 0. The van der Waals surface area contributed by atoms with E-state index in [-0.39, 0.29) is 12.6 Å². The summed E-state index contributed by atoms with van der Waals surface area (Å²) >= 11 is 0. The third-order valence-electron chi connectivity index (χ3n) is 1.17. The molecule has 0 aromatic rings. The van der Waals surface area contributed by atoms with Gasteiger partial charge in [-0.15, -0.1) is 0 Å². The van der Waals surface area contributed by atoms with Gasteiger partial charge in [0.05, 0.1) is 6.61 Å². The Hall–Kier alpha value is -0.610. The van der Waals surface area contributed by atoms with Gasteiger partial charge in [0.2, 0.25) is 0 Å². The molecule has 14 heavy (non-hydrogen) atoms. The van der Waals surface area contributed by atoms with Crippen LogP contribution in [-0.2, 0) is 14.3 Å². The third kappa shape index (κ3) is 22.5. The first-order valence-corrected chi connectivity index (χ1v) is 5.00. The highest BCUT2D eigenvalue weighted by Crippen LogP contribution is 1.98. The van der Waals surface area contributed by atoms with Crippen LogP contribution in [0.1, 0.15) is 33.6 Å². The van der Waals surface area contributed by atoms with Crippen molar-refractivity contribution in [2.45, 2.75) is 33.6 Å². The molecule has 1 saturated heterocycles. The molecule has 0 saturated carbocycles. The predicted octanol–water partition coefficient (Wildman–Crippen LogP) is 1.36. The van der Waals surface area contributed by atoms with Gasteiger partial charge in [0.1, 0.15) is 0 Å². The largest absolute Gasteiger partial charge is 0.466 e. The molecule has 86 valence electrons. The molecular weight excluding hydrogens is 184 g/mol. The van der Waals surface area contributed by atoms with Crippen LogP contribution in [-0.4, -0.2) is 37.5 Å². The third-order valence-corrected chi connectivity index (χ3v) is 1.17. The normalized spacial score (nSPS) is 13.1. The van der Waals surface area contributed by atoms with Gasteiger partial charge in [-0.25, -0.2) is 0 Å². The quantitative estimate of drug-likeness (QED) is 0.658. The monoisotopic (exact) mass is 206 g/mol. The number of esters is 1. The van der Waals surface area contributed by atoms with Gasteiger partial charge in [-0.2, -0.15) is 0 Å². The maximum atomic E-state index is 9.82. The van der Waals surface area contributed by atoms with Gasteiger partial charge in [-0.3, -0.25) is 4.79 Å². The van der Waals surface area contributed by atoms with E-state index in [0.717, 1.165) is 13.2 Å². The first-order chi connectivity index (χ1) is 6.68. The number of aliphatic hydroxyl groups is 1. The number of hydrogen-bond acceptors (Lipinski definition) is 4. The van der Waals surface area contributed by atoms with E-state index in [0.29, 0.717) is 6.61 Å². The Morgan fingerprint density at radius 2 is 1.79 bits per heavy atom. The zero-order chi connectivity index (χ0) is 11.2. The van der Waals surface area contributed by atoms with E-state index in [2.05, 4.69) is 4.74 Å². The van der Waals surface area contributed by atoms with Gasteiger partial charge in [0.25, 0.3) is 0 Å². The average molecular weight is 206 g/mol. The average Bonchev–Trinajstić information content (AvgIpc) is 2.61. The van der Waals surface area contributed by atoms with Crippen molar-refractivity contribution in [1.82, 2.24) is 0 Å². The number of rotatable bonds is 1. The molecule has 0 spiro atoms. The highest BCUT2D eigenvalue weighted by atomic mass is 16.5. The summed E-state index contributed by atoms with van der Waals surface area (Å²) in [5, 5.41) is 7.57. The van der Waals surface area contributed by atoms with E-state index >= 15 is 0 Å². The van der Waals surface area contributed by atoms with Gasteiger partial charge in [0.15, 0.2) is 0 Å². The molecule has 0 atom stereocenters. The Kier molecular flexibility index (Phi) is 16.9. The molecule has 1 fully saturated rings. The summed E-state index contributed by atoms with van der Waals surface area (Å²) in [7, 11) is 0. The van der Waals surface area contributed by atoms with Crippen molar-refractivity contribution in [3.8, 4) is 0 Å². The Balaban J connectivity index is 0. The van der Waals surface area contributed by atoms with E-state index in [9.17, 15) is 4.79 Å². The Morgan fingerprint density at radius 3 is 1.86 bits per heavy atom. The van der Waals surface area contributed by atoms with Crippen LogP contribution in [0.4, 0.5) is 0 Å². The van der Waals surface area contributed by atoms with Gasteiger partial charge in [-0.05, 0) is 26.7 Å². The second-order valence-corrected chi connectivity index (χ2v) is 2.56. The summed E-state index contributed by atoms with van der Waals surface area (Å²) in [6.07, 6.45) is 2.56. The summed E-state index contributed by atoms with van der Waals surface area (Å²) in [6.45, 7) is 7.58. The first kappa shape index (κ1) is 15.8. The molecular formula is C10H22O4. The fourth-order valence-electron chi connectivity index (χ4n) is 0.714. The molecule has 0 amide bonds. The summed E-state index contributed by atoms with van der Waals surface area (Å²) in [5.74, 6) is -0.211. The standard InChI is InChI=1S/C4H8O2.C4H8O.C2H6O/c1-3-6-4(2)5;1-2-4-5-3-1;1-2-3/h3H2,1-2H3;1-4H2;3H,2H2,1H3. The summed E-state index contributed by atoms with van der Waals surface area (Å²) < 4.78 is 9.35. The number of ether oxygens (including phenoxy) is 2. The van der Waals surface area contributed by atoms with E-state index in [4.69, 9.17) is 9.84 Å². The molecule has 1 aliphatic rings. The van der Waals surface area contributed by atoms with Crippen molar-refractivity contribution in [3.63, 3.8) is 0 Å². The van der Waals surface area contributed by atoms with Crippen molar-refractivity contribution in [2.24, 2.45) is 0 Å². The zero-order valence-corrected chi connectivity index (χ0v) is 9.41. The Bertz CT molecular complexity index is 103. The molecule has 0 aromatic carbocycles. The molecule has 1 aliphatic heterocycles. The molecule has 0 bridgehead atoms. The fourth-order valence-corrected chi connectivity index (χ4v) is 0.714. The number of carbonyl (C=O) groups is 1. The van der Waals surface area contributed by atoms with Crippen LogP contribution in [0.3, 0.4) is 0 Å². The highest BCUT2D eigenvalue weighted by Gasteiger charge is 1.94. The summed E-state index contributed by atoms with van der Waals surface area (Å²) in [4.78, 5) is 9.82. The van der Waals surface area contributed by atoms with E-state index in [1.54, 1.807) is 13.8 Å². The second-order valence-electron chi connectivity index (χ2n) is 2.56. The van der Waals surface area contributed by atoms with Gasteiger partial charge in [-0.1, -0.05) is 0 Å². The molecule has 1 N–H and O–H groups in total. The van der Waals surface area contributed by atoms with Crippen molar-refractivity contribution >= 4 is 5.97 Å². The predicted molar refractivity (Wildman–Crippen MR) is 55.1 cm³/mol. The lowest BCUT2D eigenvalue weighted by Crippen LogP contribution is -1.95. The van der Waals surface area contributed by atoms with Gasteiger partial charge in [0, 0.05) is 26.7 Å². The maximum Gasteiger partial charge on any atom is 0.302 e. The van der Waals surface area contributed by atoms with Gasteiger partial charge >= 0.3 is 5.97 Å². The van der Waals surface area contributed by atoms with E-state index < -0.39 is 0 Å². The lowest BCUT2D eigenvalue weighted by molar-refractivity contribution is -0.140. The van der Waals surface area contributed by atoms with Crippen molar-refractivity contribution in [2.75, 3.05) is 26.4 Å². The van der Waals surface area contributed by atoms with Crippen LogP contribution < -0.4 is 0 Å².